The van der Waals surface area contributed by atoms with Crippen LogP contribution in [0.2, 0.25) is 5.02 Å². The minimum Gasteiger partial charge on any atom is -0.497 e. The van der Waals surface area contributed by atoms with Crippen LogP contribution in [0.25, 0.3) is 17.1 Å². The van der Waals surface area contributed by atoms with Crippen molar-refractivity contribution in [3.63, 3.8) is 0 Å². The molecule has 4 rings (SSSR count). The fourth-order valence-electron chi connectivity index (χ4n) is 3.00. The predicted octanol–water partition coefficient (Wildman–Crippen LogP) is 3.56. The number of ether oxygens (including phenoxy) is 1. The smallest absolute Gasteiger partial charge is 0.255 e. The normalized spacial score (nSPS) is 10.8. The molecular weight excluding hydrogens is 404 g/mol. The van der Waals surface area contributed by atoms with E-state index < -0.39 is 0 Å². The molecule has 0 saturated heterocycles. The molecule has 0 unspecified atom stereocenters. The average molecular weight is 423 g/mol. The Kier molecular flexibility index (Phi) is 5.49. The van der Waals surface area contributed by atoms with Crippen molar-refractivity contribution >= 4 is 17.5 Å². The largest absolute Gasteiger partial charge is 0.497 e. The summed E-state index contributed by atoms with van der Waals surface area (Å²) in [5, 5.41) is 14.8. The van der Waals surface area contributed by atoms with Gasteiger partial charge in [-0.05, 0) is 49.4 Å². The van der Waals surface area contributed by atoms with Crippen LogP contribution in [-0.4, -0.2) is 38.0 Å². The Hall–Kier alpha value is -3.65. The lowest BCUT2D eigenvalue weighted by Gasteiger charge is -2.06. The first-order valence-electron chi connectivity index (χ1n) is 9.19. The Balaban J connectivity index is 1.43. The van der Waals surface area contributed by atoms with Gasteiger partial charge in [0.05, 0.1) is 36.8 Å². The molecule has 2 heterocycles. The summed E-state index contributed by atoms with van der Waals surface area (Å²) in [4.78, 5) is 17.1. The first kappa shape index (κ1) is 19.7. The van der Waals surface area contributed by atoms with Gasteiger partial charge < -0.3 is 10.1 Å². The van der Waals surface area contributed by atoms with Gasteiger partial charge in [-0.3, -0.25) is 9.89 Å². The molecule has 1 amide bonds. The quantitative estimate of drug-likeness (QED) is 0.495. The maximum absolute atomic E-state index is 12.6. The highest BCUT2D eigenvalue weighted by Gasteiger charge is 2.16. The molecule has 0 aliphatic heterocycles. The van der Waals surface area contributed by atoms with Crippen molar-refractivity contribution < 1.29 is 9.53 Å². The lowest BCUT2D eigenvalue weighted by atomic mass is 10.2. The molecule has 2 aromatic carbocycles. The first-order chi connectivity index (χ1) is 14.5. The fourth-order valence-corrected chi connectivity index (χ4v) is 3.19. The molecule has 0 bridgehead atoms. The van der Waals surface area contributed by atoms with Gasteiger partial charge in [0, 0.05) is 10.6 Å². The molecular formula is C21H19ClN6O2. The topological polar surface area (TPSA) is 97.7 Å². The van der Waals surface area contributed by atoms with Crippen LogP contribution in [0.1, 0.15) is 21.9 Å². The number of nitrogens with one attached hydrogen (secondary N) is 2. The van der Waals surface area contributed by atoms with E-state index in [2.05, 4.69) is 25.6 Å². The number of amides is 1. The Labute approximate surface area is 177 Å². The number of aromatic nitrogens is 5. The summed E-state index contributed by atoms with van der Waals surface area (Å²) >= 11 is 6.05. The number of rotatable bonds is 6. The molecule has 8 nitrogen and oxygen atoms in total. The number of carbonyl (C=O) groups is 1. The number of nitrogens with zero attached hydrogens (tertiary/aromatic N) is 4. The van der Waals surface area contributed by atoms with E-state index in [0.29, 0.717) is 27.9 Å². The van der Waals surface area contributed by atoms with E-state index in [1.807, 2.05) is 43.3 Å². The highest BCUT2D eigenvalue weighted by Crippen LogP contribution is 2.20. The van der Waals surface area contributed by atoms with Gasteiger partial charge in [-0.15, -0.1) is 0 Å². The molecule has 0 saturated carbocycles. The average Bonchev–Trinajstić information content (AvgIpc) is 3.39. The monoisotopic (exact) mass is 422 g/mol. The first-order valence-corrected chi connectivity index (χ1v) is 9.57. The van der Waals surface area contributed by atoms with E-state index in [0.717, 1.165) is 17.0 Å². The number of aromatic amines is 1. The number of carbonyl (C=O) groups excluding carboxylic acids is 1. The minimum atomic E-state index is -0.247. The molecule has 2 N–H and O–H groups in total. The molecule has 0 fully saturated rings. The van der Waals surface area contributed by atoms with Gasteiger partial charge in [0.15, 0.2) is 5.82 Å². The number of H-pyrrole nitrogens is 1. The van der Waals surface area contributed by atoms with Crippen molar-refractivity contribution in [2.45, 2.75) is 13.5 Å². The Morgan fingerprint density at radius 1 is 1.23 bits per heavy atom. The highest BCUT2D eigenvalue weighted by molar-refractivity contribution is 6.30. The predicted molar refractivity (Wildman–Crippen MR) is 113 cm³/mol. The fraction of sp³-hybridized carbons (Fsp3) is 0.143. The van der Waals surface area contributed by atoms with Gasteiger partial charge in [0.25, 0.3) is 5.91 Å². The zero-order valence-electron chi connectivity index (χ0n) is 16.4. The van der Waals surface area contributed by atoms with Crippen LogP contribution >= 0.6 is 11.6 Å². The third-order valence-corrected chi connectivity index (χ3v) is 4.84. The van der Waals surface area contributed by atoms with E-state index in [1.165, 1.54) is 6.20 Å². The molecule has 9 heteroatoms. The summed E-state index contributed by atoms with van der Waals surface area (Å²) in [6.07, 6.45) is 1.54. The van der Waals surface area contributed by atoms with Crippen molar-refractivity contribution in [3.05, 3.63) is 76.8 Å². The number of halogens is 1. The molecule has 2 aromatic heterocycles. The lowest BCUT2D eigenvalue weighted by Crippen LogP contribution is -2.24. The van der Waals surface area contributed by atoms with E-state index in [-0.39, 0.29) is 12.5 Å². The van der Waals surface area contributed by atoms with Gasteiger partial charge in [-0.1, -0.05) is 17.7 Å². The van der Waals surface area contributed by atoms with Gasteiger partial charge in [-0.25, -0.2) is 9.67 Å². The standard InChI is InChI=1S/C21H19ClN6O2/c1-13-18(11-24-28(13)16-5-3-4-15(22)10-16)21(29)23-12-19-25-20(27-26-19)14-6-8-17(30-2)9-7-14/h3-11H,12H2,1-2H3,(H,23,29)(H,25,26,27). The zero-order valence-corrected chi connectivity index (χ0v) is 17.1. The van der Waals surface area contributed by atoms with Crippen molar-refractivity contribution in [2.75, 3.05) is 7.11 Å². The minimum absolute atomic E-state index is 0.212. The summed E-state index contributed by atoms with van der Waals surface area (Å²) < 4.78 is 6.83. The van der Waals surface area contributed by atoms with Crippen molar-refractivity contribution in [2.24, 2.45) is 0 Å². The summed E-state index contributed by atoms with van der Waals surface area (Å²) in [5.74, 6) is 1.61. The van der Waals surface area contributed by atoms with Gasteiger partial charge in [-0.2, -0.15) is 10.2 Å². The maximum atomic E-state index is 12.6. The molecule has 0 aliphatic rings. The summed E-state index contributed by atoms with van der Waals surface area (Å²) in [6.45, 7) is 2.04. The summed E-state index contributed by atoms with van der Waals surface area (Å²) in [5.41, 5.74) is 2.83. The van der Waals surface area contributed by atoms with Gasteiger partial charge in [0.1, 0.15) is 11.6 Å². The Morgan fingerprint density at radius 3 is 2.77 bits per heavy atom. The molecule has 30 heavy (non-hydrogen) atoms. The Bertz CT molecular complexity index is 1180. The van der Waals surface area contributed by atoms with Crippen LogP contribution in [0.3, 0.4) is 0 Å². The number of hydrogen-bond acceptors (Lipinski definition) is 5. The molecule has 0 aliphatic carbocycles. The molecule has 0 atom stereocenters. The molecule has 0 spiro atoms. The lowest BCUT2D eigenvalue weighted by molar-refractivity contribution is 0.0949. The van der Waals surface area contributed by atoms with E-state index in [9.17, 15) is 4.79 Å². The van der Waals surface area contributed by atoms with Crippen molar-refractivity contribution in [3.8, 4) is 22.8 Å². The van der Waals surface area contributed by atoms with Crippen LogP contribution in [-0.2, 0) is 6.54 Å². The van der Waals surface area contributed by atoms with Crippen molar-refractivity contribution in [1.29, 1.82) is 0 Å². The van der Waals surface area contributed by atoms with Crippen LogP contribution in [0.15, 0.2) is 54.7 Å². The zero-order chi connectivity index (χ0) is 21.1. The number of methoxy groups -OCH3 is 1. The SMILES string of the molecule is COc1ccc(-c2n[nH]c(CNC(=O)c3cnn(-c4cccc(Cl)c4)c3C)n2)cc1. The maximum Gasteiger partial charge on any atom is 0.255 e. The van der Waals surface area contributed by atoms with E-state index in [4.69, 9.17) is 16.3 Å². The third-order valence-electron chi connectivity index (χ3n) is 4.60. The highest BCUT2D eigenvalue weighted by atomic mass is 35.5. The van der Waals surface area contributed by atoms with Crippen LogP contribution in [0.5, 0.6) is 5.75 Å². The van der Waals surface area contributed by atoms with Crippen LogP contribution < -0.4 is 10.1 Å². The van der Waals surface area contributed by atoms with E-state index >= 15 is 0 Å². The van der Waals surface area contributed by atoms with Gasteiger partial charge >= 0.3 is 0 Å². The summed E-state index contributed by atoms with van der Waals surface area (Å²) in [7, 11) is 1.61. The van der Waals surface area contributed by atoms with Crippen LogP contribution in [0.4, 0.5) is 0 Å². The van der Waals surface area contributed by atoms with Gasteiger partial charge in [0.2, 0.25) is 0 Å². The van der Waals surface area contributed by atoms with Crippen LogP contribution in [0, 0.1) is 6.92 Å². The third kappa shape index (κ3) is 4.04. The number of hydrogen-bond donors (Lipinski definition) is 2. The summed E-state index contributed by atoms with van der Waals surface area (Å²) in [6, 6.07) is 14.7. The molecule has 152 valence electrons. The second-order valence-corrected chi connectivity index (χ2v) is 6.99. The van der Waals surface area contributed by atoms with E-state index in [1.54, 1.807) is 23.9 Å². The molecule has 4 aromatic rings. The second-order valence-electron chi connectivity index (χ2n) is 6.55. The second kappa shape index (κ2) is 8.38. The van der Waals surface area contributed by atoms with Crippen molar-refractivity contribution in [1.82, 2.24) is 30.3 Å². The molecule has 0 radical (unpaired) electrons. The number of benzene rings is 2. The Morgan fingerprint density at radius 2 is 2.03 bits per heavy atom.